The van der Waals surface area contributed by atoms with Gasteiger partial charge in [-0.2, -0.15) is 4.31 Å². The molecule has 8 nitrogen and oxygen atoms in total. The van der Waals surface area contributed by atoms with Crippen molar-refractivity contribution in [2.45, 2.75) is 31.7 Å². The molecule has 0 fully saturated rings. The molecule has 1 amide bonds. The van der Waals surface area contributed by atoms with E-state index in [9.17, 15) is 18.0 Å². The molecule has 2 aromatic rings. The molecule has 0 radical (unpaired) electrons. The van der Waals surface area contributed by atoms with Crippen LogP contribution in [-0.4, -0.2) is 49.8 Å². The molecule has 1 heterocycles. The van der Waals surface area contributed by atoms with Gasteiger partial charge in [-0.05, 0) is 39.0 Å². The number of amides is 1. The van der Waals surface area contributed by atoms with Gasteiger partial charge >= 0.3 is 5.97 Å². The number of sulfonamides is 1. The summed E-state index contributed by atoms with van der Waals surface area (Å²) in [6.45, 7) is 5.16. The van der Waals surface area contributed by atoms with Crippen molar-refractivity contribution in [2.24, 2.45) is 0 Å². The molecular formula is C17H21N3O5S2. The van der Waals surface area contributed by atoms with Crippen LogP contribution in [0.4, 0.5) is 5.13 Å². The van der Waals surface area contributed by atoms with Crippen LogP contribution >= 0.6 is 11.3 Å². The van der Waals surface area contributed by atoms with Crippen LogP contribution in [0.1, 0.15) is 39.6 Å². The lowest BCUT2D eigenvalue weighted by Crippen LogP contribution is -2.33. The highest BCUT2D eigenvalue weighted by atomic mass is 32.2. The van der Waals surface area contributed by atoms with E-state index in [1.165, 1.54) is 42.7 Å². The Labute approximate surface area is 162 Å². The van der Waals surface area contributed by atoms with Crippen molar-refractivity contribution in [3.8, 4) is 0 Å². The van der Waals surface area contributed by atoms with E-state index in [1.807, 2.05) is 0 Å². The smallest absolute Gasteiger partial charge is 0.350 e. The molecule has 0 aliphatic heterocycles. The van der Waals surface area contributed by atoms with Crippen molar-refractivity contribution in [3.05, 3.63) is 40.4 Å². The molecular weight excluding hydrogens is 390 g/mol. The Morgan fingerprint density at radius 2 is 1.96 bits per heavy atom. The zero-order valence-corrected chi connectivity index (χ0v) is 17.3. The van der Waals surface area contributed by atoms with Gasteiger partial charge in [0.05, 0.1) is 17.7 Å². The number of nitrogens with one attached hydrogen (secondary N) is 1. The zero-order valence-electron chi connectivity index (χ0n) is 15.6. The van der Waals surface area contributed by atoms with Gasteiger partial charge in [-0.25, -0.2) is 18.2 Å². The third-order valence-corrected chi connectivity index (χ3v) is 6.97. The zero-order chi connectivity index (χ0) is 20.4. The number of benzene rings is 1. The van der Waals surface area contributed by atoms with E-state index in [4.69, 9.17) is 0 Å². The van der Waals surface area contributed by atoms with E-state index in [2.05, 4.69) is 15.0 Å². The lowest BCUT2D eigenvalue weighted by atomic mass is 10.2. The Morgan fingerprint density at radius 3 is 2.56 bits per heavy atom. The molecule has 0 saturated carbocycles. The molecule has 0 atom stereocenters. The van der Waals surface area contributed by atoms with Gasteiger partial charge < -0.3 is 4.74 Å². The number of carbonyl (C=O) groups excluding carboxylic acids is 2. The first kappa shape index (κ1) is 21.0. The molecule has 1 N–H and O–H groups in total. The van der Waals surface area contributed by atoms with E-state index in [-0.39, 0.29) is 21.6 Å². The maximum atomic E-state index is 12.6. The first-order chi connectivity index (χ1) is 12.6. The molecule has 10 heteroatoms. The number of ether oxygens (including phenoxy) is 1. The average Bonchev–Trinajstić information content (AvgIpc) is 3.00. The predicted molar refractivity (Wildman–Crippen MR) is 103 cm³/mol. The van der Waals surface area contributed by atoms with Crippen LogP contribution in [0.5, 0.6) is 0 Å². The van der Waals surface area contributed by atoms with Crippen molar-refractivity contribution < 1.29 is 22.7 Å². The summed E-state index contributed by atoms with van der Waals surface area (Å²) in [5.74, 6) is -1.06. The number of methoxy groups -OCH3 is 1. The standard InChI is InChI=1S/C17H21N3O5S2/c1-10(2)20(4)27(23,24)13-8-6-7-12(9-13)15(21)19-17-18-11(3)14(26-17)16(22)25-5/h6-10H,1-5H3,(H,18,19,21). The van der Waals surface area contributed by atoms with Crippen molar-refractivity contribution in [1.29, 1.82) is 0 Å². The van der Waals surface area contributed by atoms with Crippen LogP contribution in [0.15, 0.2) is 29.2 Å². The second kappa shape index (κ2) is 8.15. The third-order valence-electron chi connectivity index (χ3n) is 3.89. The minimum Gasteiger partial charge on any atom is -0.465 e. The summed E-state index contributed by atoms with van der Waals surface area (Å²) in [4.78, 5) is 28.6. The molecule has 146 valence electrons. The number of hydrogen-bond donors (Lipinski definition) is 1. The molecule has 0 spiro atoms. The van der Waals surface area contributed by atoms with E-state index < -0.39 is 21.9 Å². The highest BCUT2D eigenvalue weighted by Gasteiger charge is 2.24. The SMILES string of the molecule is COC(=O)c1sc(NC(=O)c2cccc(S(=O)(=O)N(C)C(C)C)c2)nc1C. The van der Waals surface area contributed by atoms with Crippen LogP contribution in [0, 0.1) is 6.92 Å². The Hall–Kier alpha value is -2.30. The molecule has 0 unspecified atom stereocenters. The van der Waals surface area contributed by atoms with Gasteiger partial charge in [0.25, 0.3) is 5.91 Å². The van der Waals surface area contributed by atoms with Gasteiger partial charge in [0, 0.05) is 18.7 Å². The topological polar surface area (TPSA) is 106 Å². The van der Waals surface area contributed by atoms with Crippen LogP contribution in [0.3, 0.4) is 0 Å². The summed E-state index contributed by atoms with van der Waals surface area (Å²) in [6, 6.07) is 5.54. The molecule has 27 heavy (non-hydrogen) atoms. The van der Waals surface area contributed by atoms with Crippen molar-refractivity contribution in [1.82, 2.24) is 9.29 Å². The lowest BCUT2D eigenvalue weighted by molar-refractivity contribution is 0.0605. The number of carbonyl (C=O) groups is 2. The molecule has 0 aliphatic carbocycles. The Kier molecular flexibility index (Phi) is 6.34. The first-order valence-corrected chi connectivity index (χ1v) is 10.3. The van der Waals surface area contributed by atoms with Crippen molar-refractivity contribution in [3.63, 3.8) is 0 Å². The molecule has 0 aliphatic rings. The quantitative estimate of drug-likeness (QED) is 0.732. The van der Waals surface area contributed by atoms with Gasteiger partial charge in [0.15, 0.2) is 5.13 Å². The Bertz CT molecular complexity index is 967. The van der Waals surface area contributed by atoms with Gasteiger partial charge in [-0.15, -0.1) is 0 Å². The minimum absolute atomic E-state index is 0.0249. The number of aryl methyl sites for hydroxylation is 1. The highest BCUT2D eigenvalue weighted by molar-refractivity contribution is 7.89. The number of esters is 1. The molecule has 2 rings (SSSR count). The van der Waals surface area contributed by atoms with Crippen LogP contribution in [0.25, 0.3) is 0 Å². The normalized spacial score (nSPS) is 11.7. The number of rotatable bonds is 6. The lowest BCUT2D eigenvalue weighted by Gasteiger charge is -2.21. The number of anilines is 1. The highest BCUT2D eigenvalue weighted by Crippen LogP contribution is 2.24. The van der Waals surface area contributed by atoms with Crippen molar-refractivity contribution in [2.75, 3.05) is 19.5 Å². The Morgan fingerprint density at radius 1 is 1.30 bits per heavy atom. The third kappa shape index (κ3) is 4.52. The van der Waals surface area contributed by atoms with E-state index >= 15 is 0 Å². The second-order valence-electron chi connectivity index (χ2n) is 6.02. The monoisotopic (exact) mass is 411 g/mol. The van der Waals surface area contributed by atoms with Crippen LogP contribution in [-0.2, 0) is 14.8 Å². The minimum atomic E-state index is -3.71. The van der Waals surface area contributed by atoms with Crippen LogP contribution in [0.2, 0.25) is 0 Å². The maximum absolute atomic E-state index is 12.6. The van der Waals surface area contributed by atoms with Crippen molar-refractivity contribution >= 4 is 38.4 Å². The van der Waals surface area contributed by atoms with E-state index in [0.29, 0.717) is 10.6 Å². The predicted octanol–water partition coefficient (Wildman–Crippen LogP) is 2.52. The summed E-state index contributed by atoms with van der Waals surface area (Å²) in [5.41, 5.74) is 0.609. The van der Waals surface area contributed by atoms with Gasteiger partial charge in [-0.1, -0.05) is 17.4 Å². The summed E-state index contributed by atoms with van der Waals surface area (Å²) in [6.07, 6.45) is 0. The van der Waals surface area contributed by atoms with Gasteiger partial charge in [-0.3, -0.25) is 10.1 Å². The van der Waals surface area contributed by atoms with Crippen LogP contribution < -0.4 is 5.32 Å². The molecule has 0 saturated heterocycles. The van der Waals surface area contributed by atoms with E-state index in [0.717, 1.165) is 11.3 Å². The number of nitrogens with zero attached hydrogens (tertiary/aromatic N) is 2. The van der Waals surface area contributed by atoms with Gasteiger partial charge in [0.1, 0.15) is 4.88 Å². The summed E-state index contributed by atoms with van der Waals surface area (Å²) >= 11 is 0.990. The molecule has 1 aromatic heterocycles. The second-order valence-corrected chi connectivity index (χ2v) is 9.02. The number of hydrogen-bond acceptors (Lipinski definition) is 7. The average molecular weight is 412 g/mol. The fourth-order valence-electron chi connectivity index (χ4n) is 2.14. The fourth-order valence-corrected chi connectivity index (χ4v) is 4.44. The number of thiazole rings is 1. The summed E-state index contributed by atoms with van der Waals surface area (Å²) in [7, 11) is -0.956. The largest absolute Gasteiger partial charge is 0.465 e. The summed E-state index contributed by atoms with van der Waals surface area (Å²) in [5, 5.41) is 2.81. The number of aromatic nitrogens is 1. The van der Waals surface area contributed by atoms with Gasteiger partial charge in [0.2, 0.25) is 10.0 Å². The molecule has 1 aromatic carbocycles. The fraction of sp³-hybridized carbons (Fsp3) is 0.353. The van der Waals surface area contributed by atoms with E-state index in [1.54, 1.807) is 20.8 Å². The summed E-state index contributed by atoms with van der Waals surface area (Å²) < 4.78 is 31.1. The first-order valence-electron chi connectivity index (χ1n) is 8.03. The maximum Gasteiger partial charge on any atom is 0.350 e. The Balaban J connectivity index is 2.27. The molecule has 0 bridgehead atoms.